The molecule has 0 aliphatic heterocycles. The van der Waals surface area contributed by atoms with Crippen molar-refractivity contribution in [2.45, 2.75) is 69.0 Å². The molecule has 0 radical (unpaired) electrons. The Balaban J connectivity index is 1.46. The zero-order valence-corrected chi connectivity index (χ0v) is 18.1. The Morgan fingerprint density at radius 3 is 2.63 bits per heavy atom. The van der Waals surface area contributed by atoms with Crippen LogP contribution in [-0.2, 0) is 21.4 Å². The van der Waals surface area contributed by atoms with Crippen molar-refractivity contribution in [1.82, 2.24) is 19.6 Å². The van der Waals surface area contributed by atoms with E-state index in [0.717, 1.165) is 25.7 Å². The van der Waals surface area contributed by atoms with E-state index < -0.39 is 16.1 Å². The van der Waals surface area contributed by atoms with E-state index in [1.807, 2.05) is 10.8 Å². The minimum atomic E-state index is -3.59. The molecule has 9 heteroatoms. The van der Waals surface area contributed by atoms with E-state index in [1.54, 1.807) is 31.6 Å². The molecule has 2 N–H and O–H groups in total. The number of benzene rings is 1. The van der Waals surface area contributed by atoms with Gasteiger partial charge in [-0.3, -0.25) is 4.79 Å². The standard InChI is InChI=1S/C21H30N4O4S/c1-17(21(26)24-18-6-3-2-4-7-18)29-19-8-10-20(11-9-19)30(27,28)23-12-5-14-25-15-13-22-16-25/h8-11,13,15-18,23H,2-7,12,14H2,1H3,(H,24,26)/t17-/m1/s1. The first-order valence-corrected chi connectivity index (χ1v) is 11.9. The third-order valence-corrected chi connectivity index (χ3v) is 6.69. The highest BCUT2D eigenvalue weighted by Gasteiger charge is 2.21. The lowest BCUT2D eigenvalue weighted by Crippen LogP contribution is -2.43. The van der Waals surface area contributed by atoms with E-state index in [9.17, 15) is 13.2 Å². The SMILES string of the molecule is C[C@@H](Oc1ccc(S(=O)(=O)NCCCn2ccnc2)cc1)C(=O)NC1CCCCC1. The Labute approximate surface area is 178 Å². The van der Waals surface area contributed by atoms with Crippen molar-refractivity contribution in [3.05, 3.63) is 43.0 Å². The van der Waals surface area contributed by atoms with Gasteiger partial charge in [-0.05, 0) is 50.5 Å². The maximum absolute atomic E-state index is 12.4. The molecule has 0 saturated heterocycles. The van der Waals surface area contributed by atoms with E-state index in [0.29, 0.717) is 25.3 Å². The van der Waals surface area contributed by atoms with Crippen LogP contribution in [0.25, 0.3) is 0 Å². The van der Waals surface area contributed by atoms with Crippen molar-refractivity contribution < 1.29 is 17.9 Å². The number of amides is 1. The smallest absolute Gasteiger partial charge is 0.260 e. The lowest BCUT2D eigenvalue weighted by Gasteiger charge is -2.24. The number of rotatable bonds is 10. The van der Waals surface area contributed by atoms with E-state index in [2.05, 4.69) is 15.0 Å². The summed E-state index contributed by atoms with van der Waals surface area (Å²) in [4.78, 5) is 16.4. The van der Waals surface area contributed by atoms with Crippen LogP contribution in [0.2, 0.25) is 0 Å². The molecule has 1 aromatic carbocycles. The van der Waals surface area contributed by atoms with Crippen LogP contribution >= 0.6 is 0 Å². The molecule has 1 aliphatic rings. The number of hydrogen-bond acceptors (Lipinski definition) is 5. The number of aromatic nitrogens is 2. The second-order valence-electron chi connectivity index (χ2n) is 7.63. The molecule has 0 unspecified atom stereocenters. The number of sulfonamides is 1. The van der Waals surface area contributed by atoms with Gasteiger partial charge in [0.1, 0.15) is 5.75 Å². The van der Waals surface area contributed by atoms with Crippen LogP contribution in [0, 0.1) is 0 Å². The molecule has 1 amide bonds. The topological polar surface area (TPSA) is 102 Å². The van der Waals surface area contributed by atoms with Crippen LogP contribution in [0.1, 0.15) is 45.4 Å². The number of aryl methyl sites for hydroxylation is 1. The average molecular weight is 435 g/mol. The first-order valence-electron chi connectivity index (χ1n) is 10.5. The zero-order chi connectivity index (χ0) is 21.4. The average Bonchev–Trinajstić information content (AvgIpc) is 3.26. The van der Waals surface area contributed by atoms with Gasteiger partial charge in [0.05, 0.1) is 11.2 Å². The molecule has 2 aromatic rings. The number of carbonyl (C=O) groups is 1. The molecule has 0 bridgehead atoms. The molecule has 1 saturated carbocycles. The number of ether oxygens (including phenoxy) is 1. The molecule has 3 rings (SSSR count). The fourth-order valence-electron chi connectivity index (χ4n) is 3.49. The van der Waals surface area contributed by atoms with Crippen molar-refractivity contribution in [3.63, 3.8) is 0 Å². The van der Waals surface area contributed by atoms with Gasteiger partial charge in [-0.2, -0.15) is 0 Å². The fourth-order valence-corrected chi connectivity index (χ4v) is 4.57. The van der Waals surface area contributed by atoms with E-state index >= 15 is 0 Å². The van der Waals surface area contributed by atoms with E-state index in [4.69, 9.17) is 4.74 Å². The Morgan fingerprint density at radius 2 is 1.97 bits per heavy atom. The monoisotopic (exact) mass is 434 g/mol. The molecule has 1 aromatic heterocycles. The van der Waals surface area contributed by atoms with Gasteiger partial charge in [0.25, 0.3) is 5.91 Å². The van der Waals surface area contributed by atoms with Gasteiger partial charge >= 0.3 is 0 Å². The summed E-state index contributed by atoms with van der Waals surface area (Å²) in [6.45, 7) is 2.72. The largest absolute Gasteiger partial charge is 0.481 e. The summed E-state index contributed by atoms with van der Waals surface area (Å²) in [6, 6.07) is 6.35. The Morgan fingerprint density at radius 1 is 1.23 bits per heavy atom. The molecule has 0 spiro atoms. The molecule has 1 atom stereocenters. The van der Waals surface area contributed by atoms with Crippen LogP contribution in [0.3, 0.4) is 0 Å². The molecule has 30 heavy (non-hydrogen) atoms. The third kappa shape index (κ3) is 6.56. The Bertz CT molecular complexity index is 892. The highest BCUT2D eigenvalue weighted by molar-refractivity contribution is 7.89. The summed E-state index contributed by atoms with van der Waals surface area (Å²) < 4.78 is 35.0. The van der Waals surface area contributed by atoms with Gasteiger partial charge in [0.15, 0.2) is 6.10 Å². The summed E-state index contributed by atoms with van der Waals surface area (Å²) in [5.41, 5.74) is 0. The fraction of sp³-hybridized carbons (Fsp3) is 0.524. The second kappa shape index (κ2) is 10.6. The summed E-state index contributed by atoms with van der Waals surface area (Å²) in [5, 5.41) is 3.04. The Hall–Kier alpha value is -2.39. The van der Waals surface area contributed by atoms with Crippen LogP contribution in [0.5, 0.6) is 5.75 Å². The quantitative estimate of drug-likeness (QED) is 0.559. The van der Waals surface area contributed by atoms with Crippen LogP contribution in [0.4, 0.5) is 0 Å². The van der Waals surface area contributed by atoms with Gasteiger partial charge in [-0.25, -0.2) is 18.1 Å². The molecular weight excluding hydrogens is 404 g/mol. The minimum absolute atomic E-state index is 0.141. The highest BCUT2D eigenvalue weighted by Crippen LogP contribution is 2.19. The summed E-state index contributed by atoms with van der Waals surface area (Å²) in [5.74, 6) is 0.318. The van der Waals surface area contributed by atoms with Crippen molar-refractivity contribution in [1.29, 1.82) is 0 Å². The summed E-state index contributed by atoms with van der Waals surface area (Å²) in [6.07, 6.45) is 10.8. The molecular formula is C21H30N4O4S. The molecule has 1 heterocycles. The summed E-state index contributed by atoms with van der Waals surface area (Å²) >= 11 is 0. The van der Waals surface area contributed by atoms with E-state index in [1.165, 1.54) is 18.6 Å². The number of nitrogens with zero attached hydrogens (tertiary/aromatic N) is 2. The van der Waals surface area contributed by atoms with Crippen molar-refractivity contribution in [3.8, 4) is 5.75 Å². The van der Waals surface area contributed by atoms with Crippen molar-refractivity contribution in [2.24, 2.45) is 0 Å². The molecule has 8 nitrogen and oxygen atoms in total. The van der Waals surface area contributed by atoms with Gasteiger partial charge in [-0.1, -0.05) is 19.3 Å². The lowest BCUT2D eigenvalue weighted by atomic mass is 9.95. The first kappa shape index (κ1) is 22.3. The van der Waals surface area contributed by atoms with Gasteiger partial charge in [-0.15, -0.1) is 0 Å². The minimum Gasteiger partial charge on any atom is -0.481 e. The number of imidazole rings is 1. The zero-order valence-electron chi connectivity index (χ0n) is 17.3. The van der Waals surface area contributed by atoms with Crippen LogP contribution in [-0.4, -0.2) is 42.6 Å². The normalized spacial score (nSPS) is 16.2. The van der Waals surface area contributed by atoms with Gasteiger partial charge in [0, 0.05) is 31.5 Å². The van der Waals surface area contributed by atoms with Crippen molar-refractivity contribution >= 4 is 15.9 Å². The van der Waals surface area contributed by atoms with E-state index in [-0.39, 0.29) is 16.8 Å². The lowest BCUT2D eigenvalue weighted by molar-refractivity contribution is -0.128. The maximum atomic E-state index is 12.4. The third-order valence-electron chi connectivity index (χ3n) is 5.21. The molecule has 1 aliphatic carbocycles. The highest BCUT2D eigenvalue weighted by atomic mass is 32.2. The second-order valence-corrected chi connectivity index (χ2v) is 9.39. The van der Waals surface area contributed by atoms with Crippen LogP contribution < -0.4 is 14.8 Å². The summed E-state index contributed by atoms with van der Waals surface area (Å²) in [7, 11) is -3.59. The van der Waals surface area contributed by atoms with Gasteiger partial charge in [0.2, 0.25) is 10.0 Å². The van der Waals surface area contributed by atoms with Crippen molar-refractivity contribution in [2.75, 3.05) is 6.54 Å². The van der Waals surface area contributed by atoms with Crippen LogP contribution in [0.15, 0.2) is 47.9 Å². The Kier molecular flexibility index (Phi) is 7.87. The number of nitrogens with one attached hydrogen (secondary N) is 2. The predicted molar refractivity (Wildman–Crippen MR) is 114 cm³/mol. The molecule has 1 fully saturated rings. The maximum Gasteiger partial charge on any atom is 0.260 e. The first-order chi connectivity index (χ1) is 14.4. The number of hydrogen-bond donors (Lipinski definition) is 2. The van der Waals surface area contributed by atoms with Gasteiger partial charge < -0.3 is 14.6 Å². The number of carbonyl (C=O) groups excluding carboxylic acids is 1. The predicted octanol–water partition coefficient (Wildman–Crippen LogP) is 2.47. The molecule has 164 valence electrons.